The maximum atomic E-state index is 6.57. The molecule has 0 saturated carbocycles. The van der Waals surface area contributed by atoms with Crippen molar-refractivity contribution in [1.29, 1.82) is 0 Å². The highest BCUT2D eigenvalue weighted by molar-refractivity contribution is 5.85. The van der Waals surface area contributed by atoms with Crippen LogP contribution in [-0.4, -0.2) is 0 Å². The third kappa shape index (κ3) is 4.52. The van der Waals surface area contributed by atoms with Gasteiger partial charge in [-0.05, 0) is 74.9 Å². The van der Waals surface area contributed by atoms with Gasteiger partial charge in [0.15, 0.2) is 0 Å². The van der Waals surface area contributed by atoms with E-state index >= 15 is 0 Å². The van der Waals surface area contributed by atoms with E-state index in [2.05, 4.69) is 65.8 Å². The molecule has 0 aromatic heterocycles. The van der Waals surface area contributed by atoms with Gasteiger partial charge < -0.3 is 11.5 Å². The van der Waals surface area contributed by atoms with Gasteiger partial charge in [-0.2, -0.15) is 0 Å². The van der Waals surface area contributed by atoms with Crippen molar-refractivity contribution < 1.29 is 0 Å². The maximum Gasteiger partial charge on any atom is 0.0496 e. The van der Waals surface area contributed by atoms with Crippen molar-refractivity contribution in [2.45, 2.75) is 53.6 Å². The first-order valence-corrected chi connectivity index (χ1v) is 7.89. The third-order valence-corrected chi connectivity index (χ3v) is 4.53. The van der Waals surface area contributed by atoms with Crippen molar-refractivity contribution in [1.82, 2.24) is 0 Å². The molecule has 2 nitrogen and oxygen atoms in total. The van der Waals surface area contributed by atoms with E-state index in [1.807, 2.05) is 0 Å². The smallest absolute Gasteiger partial charge is 0.0496 e. The normalized spacial score (nSPS) is 12.8. The number of nitrogens with two attached hydrogens (primary N) is 2. The lowest BCUT2D eigenvalue weighted by Gasteiger charge is -2.27. The fourth-order valence-corrected chi connectivity index (χ4v) is 3.79. The minimum Gasteiger partial charge on any atom is -0.322 e. The quantitative estimate of drug-likeness (QED) is 0.793. The molecule has 0 aliphatic heterocycles. The van der Waals surface area contributed by atoms with E-state index in [9.17, 15) is 0 Å². The minimum absolute atomic E-state index is 0. The molecule has 0 spiro atoms. The van der Waals surface area contributed by atoms with Gasteiger partial charge in [0.25, 0.3) is 0 Å². The molecule has 0 aliphatic rings. The molecule has 0 bridgehead atoms. The van der Waals surface area contributed by atoms with Gasteiger partial charge in [0.1, 0.15) is 0 Å². The van der Waals surface area contributed by atoms with Crippen molar-refractivity contribution in [3.63, 3.8) is 0 Å². The van der Waals surface area contributed by atoms with Gasteiger partial charge >= 0.3 is 0 Å². The van der Waals surface area contributed by atoms with Crippen LogP contribution >= 0.6 is 24.8 Å². The highest BCUT2D eigenvalue weighted by Crippen LogP contribution is 2.33. The lowest BCUT2D eigenvalue weighted by atomic mass is 9.85. The zero-order valence-electron chi connectivity index (χ0n) is 15.4. The Morgan fingerprint density at radius 2 is 0.750 bits per heavy atom. The van der Waals surface area contributed by atoms with Gasteiger partial charge in [-0.1, -0.05) is 35.4 Å². The van der Waals surface area contributed by atoms with Crippen molar-refractivity contribution in [3.8, 4) is 0 Å². The van der Waals surface area contributed by atoms with E-state index < -0.39 is 0 Å². The molecule has 2 aromatic rings. The Morgan fingerprint density at radius 1 is 0.542 bits per heavy atom. The standard InChI is InChI=1S/C20H28N2.2ClH/c1-11-7-13(3)17(14(4)8-11)19(21)20(22)18-15(5)9-12(2)10-16(18)6;;/h7-10,19-20H,21-22H2,1-6H3;2*1H. The van der Waals surface area contributed by atoms with Crippen LogP contribution < -0.4 is 11.5 Å². The molecule has 2 unspecified atom stereocenters. The Balaban J connectivity index is 0.00000264. The zero-order chi connectivity index (χ0) is 16.6. The molecule has 0 saturated heterocycles. The molecule has 0 radical (unpaired) electrons. The second-order valence-corrected chi connectivity index (χ2v) is 6.68. The summed E-state index contributed by atoms with van der Waals surface area (Å²) >= 11 is 0. The van der Waals surface area contributed by atoms with Gasteiger partial charge in [-0.25, -0.2) is 0 Å². The number of hydrogen-bond donors (Lipinski definition) is 2. The summed E-state index contributed by atoms with van der Waals surface area (Å²) in [6.07, 6.45) is 0. The molecular weight excluding hydrogens is 339 g/mol. The molecule has 4 heteroatoms. The first-order chi connectivity index (χ1) is 10.2. The van der Waals surface area contributed by atoms with Crippen LogP contribution in [0, 0.1) is 41.5 Å². The summed E-state index contributed by atoms with van der Waals surface area (Å²) in [5, 5.41) is 0. The lowest BCUT2D eigenvalue weighted by Crippen LogP contribution is -2.29. The molecule has 0 aliphatic carbocycles. The Morgan fingerprint density at radius 3 is 0.958 bits per heavy atom. The zero-order valence-corrected chi connectivity index (χ0v) is 17.1. The Kier molecular flexibility index (Phi) is 8.47. The van der Waals surface area contributed by atoms with E-state index in [0.717, 1.165) is 0 Å². The van der Waals surface area contributed by atoms with Crippen molar-refractivity contribution in [3.05, 3.63) is 68.8 Å². The van der Waals surface area contributed by atoms with E-state index in [1.165, 1.54) is 44.5 Å². The molecule has 0 fully saturated rings. The number of hydrogen-bond acceptors (Lipinski definition) is 2. The predicted molar refractivity (Wildman–Crippen MR) is 110 cm³/mol. The highest BCUT2D eigenvalue weighted by atomic mass is 35.5. The largest absolute Gasteiger partial charge is 0.322 e. The summed E-state index contributed by atoms with van der Waals surface area (Å²) in [5.74, 6) is 0. The van der Waals surface area contributed by atoms with E-state index in [-0.39, 0.29) is 36.9 Å². The number of rotatable bonds is 3. The molecule has 2 rings (SSSR count). The average Bonchev–Trinajstić information content (AvgIpc) is 2.35. The van der Waals surface area contributed by atoms with Gasteiger partial charge in [-0.3, -0.25) is 0 Å². The molecule has 134 valence electrons. The molecule has 2 aromatic carbocycles. The van der Waals surface area contributed by atoms with Gasteiger partial charge in [0.2, 0.25) is 0 Å². The second kappa shape index (κ2) is 8.87. The molecule has 24 heavy (non-hydrogen) atoms. The van der Waals surface area contributed by atoms with Crippen LogP contribution in [-0.2, 0) is 0 Å². The SMILES string of the molecule is Cc1cc(C)c(C(N)C(N)c2c(C)cc(C)cc2C)c(C)c1.Cl.Cl. The monoisotopic (exact) mass is 368 g/mol. The van der Waals surface area contributed by atoms with Crippen LogP contribution in [0.1, 0.15) is 56.6 Å². The van der Waals surface area contributed by atoms with Gasteiger partial charge in [-0.15, -0.1) is 24.8 Å². The van der Waals surface area contributed by atoms with Crippen molar-refractivity contribution in [2.75, 3.05) is 0 Å². The van der Waals surface area contributed by atoms with E-state index in [1.54, 1.807) is 0 Å². The third-order valence-electron chi connectivity index (χ3n) is 4.53. The van der Waals surface area contributed by atoms with Crippen LogP contribution in [0.2, 0.25) is 0 Å². The van der Waals surface area contributed by atoms with E-state index in [0.29, 0.717) is 0 Å². The molecule has 4 N–H and O–H groups in total. The molecule has 2 atom stereocenters. The summed E-state index contributed by atoms with van der Waals surface area (Å²) in [6.45, 7) is 12.7. The van der Waals surface area contributed by atoms with E-state index in [4.69, 9.17) is 11.5 Å². The molecule has 0 amide bonds. The van der Waals surface area contributed by atoms with Gasteiger partial charge in [0.05, 0.1) is 0 Å². The summed E-state index contributed by atoms with van der Waals surface area (Å²) in [5.41, 5.74) is 22.9. The number of aryl methyl sites for hydroxylation is 6. The first-order valence-electron chi connectivity index (χ1n) is 7.89. The summed E-state index contributed by atoms with van der Waals surface area (Å²) in [4.78, 5) is 0. The maximum absolute atomic E-state index is 6.57. The van der Waals surface area contributed by atoms with Crippen LogP contribution in [0.25, 0.3) is 0 Å². The summed E-state index contributed by atoms with van der Waals surface area (Å²) in [6, 6.07) is 8.35. The van der Waals surface area contributed by atoms with Gasteiger partial charge in [0, 0.05) is 12.1 Å². The number of benzene rings is 2. The highest BCUT2D eigenvalue weighted by Gasteiger charge is 2.23. The lowest BCUT2D eigenvalue weighted by molar-refractivity contribution is 0.563. The minimum atomic E-state index is -0.194. The Labute approximate surface area is 158 Å². The van der Waals surface area contributed by atoms with Crippen LogP contribution in [0.3, 0.4) is 0 Å². The molecular formula is C20H30Cl2N2. The first kappa shape index (κ1) is 22.9. The summed E-state index contributed by atoms with van der Waals surface area (Å²) < 4.78 is 0. The number of halogens is 2. The molecule has 0 heterocycles. The second-order valence-electron chi connectivity index (χ2n) is 6.68. The topological polar surface area (TPSA) is 52.0 Å². The predicted octanol–water partition coefficient (Wildman–Crippen LogP) is 5.08. The fraction of sp³-hybridized carbons (Fsp3) is 0.400. The van der Waals surface area contributed by atoms with Crippen molar-refractivity contribution >= 4 is 24.8 Å². The summed E-state index contributed by atoms with van der Waals surface area (Å²) in [7, 11) is 0. The van der Waals surface area contributed by atoms with Crippen LogP contribution in [0.15, 0.2) is 24.3 Å². The Bertz CT molecular complexity index is 603. The fourth-order valence-electron chi connectivity index (χ4n) is 3.79. The average molecular weight is 369 g/mol. The van der Waals surface area contributed by atoms with Crippen molar-refractivity contribution in [2.24, 2.45) is 11.5 Å². The van der Waals surface area contributed by atoms with Crippen LogP contribution in [0.4, 0.5) is 0 Å². The van der Waals surface area contributed by atoms with Crippen LogP contribution in [0.5, 0.6) is 0 Å². The Hall–Kier alpha value is -1.06.